The fraction of sp³-hybridized carbons (Fsp3) is 0.526. The van der Waals surface area contributed by atoms with Gasteiger partial charge in [-0.2, -0.15) is 5.10 Å². The lowest BCUT2D eigenvalue weighted by atomic mass is 9.91. The summed E-state index contributed by atoms with van der Waals surface area (Å²) in [4.78, 5) is 2.54. The molecule has 2 aliphatic rings. The highest BCUT2D eigenvalue weighted by atomic mass is 35.5. The minimum Gasteiger partial charge on any atom is -0.369 e. The maximum Gasteiger partial charge on any atom is 0.133 e. The number of hydrogen-bond donors (Lipinski definition) is 1. The third-order valence-electron chi connectivity index (χ3n) is 5.49. The van der Waals surface area contributed by atoms with Crippen LogP contribution in [-0.2, 0) is 6.42 Å². The largest absolute Gasteiger partial charge is 0.369 e. The number of fused-ring (bicyclic) bond motifs is 1. The lowest BCUT2D eigenvalue weighted by Crippen LogP contribution is -2.33. The first-order valence-corrected chi connectivity index (χ1v) is 9.39. The van der Waals surface area contributed by atoms with Crippen molar-refractivity contribution in [2.75, 3.05) is 31.5 Å². The molecule has 2 aromatic rings. The van der Waals surface area contributed by atoms with Gasteiger partial charge in [0.2, 0.25) is 0 Å². The van der Waals surface area contributed by atoms with Gasteiger partial charge in [-0.25, -0.2) is 4.68 Å². The van der Waals surface area contributed by atoms with Crippen LogP contribution in [0.4, 0.5) is 5.82 Å². The summed E-state index contributed by atoms with van der Waals surface area (Å²) in [5, 5.41) is 9.38. The van der Waals surface area contributed by atoms with Gasteiger partial charge in [0, 0.05) is 23.0 Å². The third-order valence-corrected chi connectivity index (χ3v) is 5.73. The zero-order valence-electron chi connectivity index (χ0n) is 14.5. The molecule has 4 rings (SSSR count). The molecule has 0 spiro atoms. The number of aromatic nitrogens is 2. The molecule has 2 aliphatic heterocycles. The zero-order valence-corrected chi connectivity index (χ0v) is 15.2. The van der Waals surface area contributed by atoms with Crippen LogP contribution in [0, 0.1) is 6.92 Å². The van der Waals surface area contributed by atoms with Crippen LogP contribution in [0.15, 0.2) is 18.2 Å². The average Bonchev–Trinajstić information content (AvgIpc) is 3.18. The number of benzene rings is 1. The maximum absolute atomic E-state index is 6.13. The van der Waals surface area contributed by atoms with E-state index >= 15 is 0 Å². The molecule has 3 heterocycles. The number of piperidine rings is 1. The van der Waals surface area contributed by atoms with E-state index in [1.807, 2.05) is 12.1 Å². The minimum atomic E-state index is 0.593. The molecule has 4 nitrogen and oxygen atoms in total. The van der Waals surface area contributed by atoms with Crippen LogP contribution in [0.25, 0.3) is 5.69 Å². The van der Waals surface area contributed by atoms with E-state index in [9.17, 15) is 0 Å². The summed E-state index contributed by atoms with van der Waals surface area (Å²) in [5.41, 5.74) is 5.04. The van der Waals surface area contributed by atoms with E-state index in [1.165, 1.54) is 43.0 Å². The number of rotatable bonds is 3. The fourth-order valence-corrected chi connectivity index (χ4v) is 4.31. The Morgan fingerprint density at radius 1 is 1.29 bits per heavy atom. The molecule has 0 amide bonds. The molecule has 5 heteroatoms. The third kappa shape index (κ3) is 2.72. The first kappa shape index (κ1) is 16.0. The molecule has 1 fully saturated rings. The van der Waals surface area contributed by atoms with Crippen LogP contribution >= 0.6 is 11.6 Å². The first-order valence-electron chi connectivity index (χ1n) is 9.02. The van der Waals surface area contributed by atoms with Crippen LogP contribution in [0.1, 0.15) is 42.5 Å². The van der Waals surface area contributed by atoms with Gasteiger partial charge in [0.25, 0.3) is 0 Å². The standard InChI is InChI=1S/C19H25ClN4/c1-3-23-10-7-14(8-11-23)18-16-6-9-21-19(16)24(22-18)17-5-4-15(20)12-13(17)2/h4-5,12,14,21H,3,6-11H2,1-2H3. The number of nitrogens with one attached hydrogen (secondary N) is 1. The predicted molar refractivity (Wildman–Crippen MR) is 99.6 cm³/mol. The van der Waals surface area contributed by atoms with Gasteiger partial charge >= 0.3 is 0 Å². The lowest BCUT2D eigenvalue weighted by Gasteiger charge is -2.30. The number of aryl methyl sites for hydroxylation is 1. The number of hydrogen-bond acceptors (Lipinski definition) is 3. The Balaban J connectivity index is 1.70. The number of halogens is 1. The van der Waals surface area contributed by atoms with E-state index in [-0.39, 0.29) is 0 Å². The first-order chi connectivity index (χ1) is 11.7. The van der Waals surface area contributed by atoms with Crippen molar-refractivity contribution in [3.05, 3.63) is 40.0 Å². The van der Waals surface area contributed by atoms with Crippen LogP contribution in [-0.4, -0.2) is 40.9 Å². The molecule has 0 aliphatic carbocycles. The van der Waals surface area contributed by atoms with E-state index in [0.717, 1.165) is 35.8 Å². The quantitative estimate of drug-likeness (QED) is 0.913. The average molecular weight is 345 g/mol. The van der Waals surface area contributed by atoms with Gasteiger partial charge in [0.15, 0.2) is 0 Å². The van der Waals surface area contributed by atoms with Crippen molar-refractivity contribution in [1.29, 1.82) is 0 Å². The predicted octanol–water partition coefficient (Wildman–Crippen LogP) is 4.00. The van der Waals surface area contributed by atoms with E-state index in [1.54, 1.807) is 0 Å². The van der Waals surface area contributed by atoms with Gasteiger partial charge in [-0.3, -0.25) is 0 Å². The highest BCUT2D eigenvalue weighted by Gasteiger charge is 2.30. The Hall–Kier alpha value is -1.52. The van der Waals surface area contributed by atoms with Crippen LogP contribution < -0.4 is 5.32 Å². The Kier molecular flexibility index (Phi) is 4.27. The summed E-state index contributed by atoms with van der Waals surface area (Å²) in [5.74, 6) is 1.78. The highest BCUT2D eigenvalue weighted by Crippen LogP contribution is 2.37. The summed E-state index contributed by atoms with van der Waals surface area (Å²) < 4.78 is 2.11. The smallest absolute Gasteiger partial charge is 0.133 e. The fourth-order valence-electron chi connectivity index (χ4n) is 4.08. The molecule has 1 aromatic heterocycles. The second-order valence-electron chi connectivity index (χ2n) is 6.94. The van der Waals surface area contributed by atoms with Gasteiger partial charge < -0.3 is 10.2 Å². The lowest BCUT2D eigenvalue weighted by molar-refractivity contribution is 0.220. The molecular formula is C19H25ClN4. The SMILES string of the molecule is CCN1CCC(c2nn(-c3ccc(Cl)cc3C)c3c2CCN3)CC1. The van der Waals surface area contributed by atoms with Gasteiger partial charge in [-0.1, -0.05) is 18.5 Å². The van der Waals surface area contributed by atoms with E-state index in [2.05, 4.69) is 34.8 Å². The van der Waals surface area contributed by atoms with Crippen LogP contribution in [0.2, 0.25) is 5.02 Å². The highest BCUT2D eigenvalue weighted by molar-refractivity contribution is 6.30. The van der Waals surface area contributed by atoms with Crippen molar-refractivity contribution in [1.82, 2.24) is 14.7 Å². The van der Waals surface area contributed by atoms with Gasteiger partial charge in [0.05, 0.1) is 11.4 Å². The number of likely N-dealkylation sites (tertiary alicyclic amines) is 1. The summed E-state index contributed by atoms with van der Waals surface area (Å²) in [6, 6.07) is 6.04. The zero-order chi connectivity index (χ0) is 16.7. The number of anilines is 1. The molecule has 0 saturated carbocycles. The Labute approximate surface area is 148 Å². The maximum atomic E-state index is 6.13. The van der Waals surface area contributed by atoms with Crippen molar-refractivity contribution in [3.8, 4) is 5.69 Å². The summed E-state index contributed by atoms with van der Waals surface area (Å²) >= 11 is 6.13. The topological polar surface area (TPSA) is 33.1 Å². The second kappa shape index (κ2) is 6.41. The molecule has 1 N–H and O–H groups in total. The molecule has 0 unspecified atom stereocenters. The van der Waals surface area contributed by atoms with Crippen molar-refractivity contribution in [3.63, 3.8) is 0 Å². The molecule has 24 heavy (non-hydrogen) atoms. The summed E-state index contributed by atoms with van der Waals surface area (Å²) in [7, 11) is 0. The van der Waals surface area contributed by atoms with E-state index in [4.69, 9.17) is 16.7 Å². The Bertz CT molecular complexity index is 744. The summed E-state index contributed by atoms with van der Waals surface area (Å²) in [6.07, 6.45) is 3.53. The molecular weight excluding hydrogens is 320 g/mol. The van der Waals surface area contributed by atoms with Crippen molar-refractivity contribution in [2.45, 2.75) is 39.0 Å². The molecule has 0 bridgehead atoms. The Morgan fingerprint density at radius 2 is 2.08 bits per heavy atom. The van der Waals surface area contributed by atoms with Gasteiger partial charge in [0.1, 0.15) is 5.82 Å². The second-order valence-corrected chi connectivity index (χ2v) is 7.38. The molecule has 128 valence electrons. The van der Waals surface area contributed by atoms with Crippen LogP contribution in [0.3, 0.4) is 0 Å². The summed E-state index contributed by atoms with van der Waals surface area (Å²) in [6.45, 7) is 8.90. The van der Waals surface area contributed by atoms with E-state index in [0.29, 0.717) is 5.92 Å². The van der Waals surface area contributed by atoms with Crippen molar-refractivity contribution < 1.29 is 0 Å². The number of nitrogens with zero attached hydrogens (tertiary/aromatic N) is 3. The van der Waals surface area contributed by atoms with Gasteiger partial charge in [-0.15, -0.1) is 0 Å². The molecule has 1 saturated heterocycles. The minimum absolute atomic E-state index is 0.593. The normalized spacial score (nSPS) is 18.6. The molecule has 0 radical (unpaired) electrons. The van der Waals surface area contributed by atoms with Crippen molar-refractivity contribution in [2.24, 2.45) is 0 Å². The molecule has 0 atom stereocenters. The molecule has 1 aromatic carbocycles. The van der Waals surface area contributed by atoms with Crippen molar-refractivity contribution >= 4 is 17.4 Å². The van der Waals surface area contributed by atoms with Crippen LogP contribution in [0.5, 0.6) is 0 Å². The monoisotopic (exact) mass is 344 g/mol. The Morgan fingerprint density at radius 3 is 2.79 bits per heavy atom. The van der Waals surface area contributed by atoms with Gasteiger partial charge in [-0.05, 0) is 69.6 Å². The van der Waals surface area contributed by atoms with E-state index < -0.39 is 0 Å².